The molecule has 3 heteroatoms. The van der Waals surface area contributed by atoms with Crippen LogP contribution in [0.5, 0.6) is 5.75 Å². The van der Waals surface area contributed by atoms with Crippen LogP contribution in [-0.2, 0) is 4.79 Å². The summed E-state index contributed by atoms with van der Waals surface area (Å²) in [5, 5.41) is 9.73. The van der Waals surface area contributed by atoms with Crippen LogP contribution in [0.25, 0.3) is 0 Å². The van der Waals surface area contributed by atoms with Gasteiger partial charge in [0, 0.05) is 18.9 Å². The van der Waals surface area contributed by atoms with Gasteiger partial charge in [-0.25, -0.2) is 0 Å². The molecule has 0 bridgehead atoms. The van der Waals surface area contributed by atoms with Gasteiger partial charge in [-0.3, -0.25) is 4.79 Å². The Bertz CT molecular complexity index is 473. The summed E-state index contributed by atoms with van der Waals surface area (Å²) in [6.45, 7) is 2.41. The van der Waals surface area contributed by atoms with E-state index >= 15 is 0 Å². The zero-order valence-corrected chi connectivity index (χ0v) is 9.10. The summed E-state index contributed by atoms with van der Waals surface area (Å²) < 4.78 is 0. The van der Waals surface area contributed by atoms with E-state index in [1.54, 1.807) is 23.1 Å². The zero-order valence-electron chi connectivity index (χ0n) is 9.10. The lowest BCUT2D eigenvalue weighted by molar-refractivity contribution is -0.117. The maximum atomic E-state index is 11.7. The highest BCUT2D eigenvalue weighted by molar-refractivity contribution is 5.97. The Labute approximate surface area is 94.7 Å². The number of hydrogen-bond donors (Lipinski definition) is 1. The Morgan fingerprint density at radius 3 is 2.94 bits per heavy atom. The highest BCUT2D eigenvalue weighted by Crippen LogP contribution is 2.32. The molecule has 1 aliphatic rings. The molecule has 1 amide bonds. The second-order valence-electron chi connectivity index (χ2n) is 4.06. The molecule has 1 unspecified atom stereocenters. The highest BCUT2D eigenvalue weighted by Gasteiger charge is 2.30. The molecule has 2 rings (SSSR count). The quantitative estimate of drug-likeness (QED) is 0.724. The fraction of sp³-hybridized carbons (Fsp3) is 0.308. The third-order valence-electron chi connectivity index (χ3n) is 2.78. The van der Waals surface area contributed by atoms with E-state index in [1.165, 1.54) is 0 Å². The smallest absolute Gasteiger partial charge is 0.228 e. The number of nitrogens with zero attached hydrogens (tertiary/aromatic N) is 1. The summed E-state index contributed by atoms with van der Waals surface area (Å²) in [6, 6.07) is 5.20. The lowest BCUT2D eigenvalue weighted by Gasteiger charge is -2.17. The number of terminal acetylenes is 1. The number of aryl methyl sites for hydroxylation is 1. The first-order chi connectivity index (χ1) is 7.61. The van der Waals surface area contributed by atoms with Crippen molar-refractivity contribution in [2.75, 3.05) is 11.4 Å². The molecule has 1 fully saturated rings. The molecule has 3 nitrogen and oxygen atoms in total. The molecule has 1 N–H and O–H groups in total. The van der Waals surface area contributed by atoms with Gasteiger partial charge in [0.25, 0.3) is 0 Å². The van der Waals surface area contributed by atoms with Gasteiger partial charge in [0.15, 0.2) is 0 Å². The molecule has 0 aromatic heterocycles. The minimum absolute atomic E-state index is 0.0242. The molecule has 1 saturated heterocycles. The molecule has 82 valence electrons. The van der Waals surface area contributed by atoms with E-state index < -0.39 is 0 Å². The van der Waals surface area contributed by atoms with Gasteiger partial charge < -0.3 is 10.0 Å². The number of carbonyl (C=O) groups excluding carboxylic acids is 1. The fourth-order valence-corrected chi connectivity index (χ4v) is 1.90. The molecule has 0 radical (unpaired) electrons. The Kier molecular flexibility index (Phi) is 2.57. The predicted octanol–water partition coefficient (Wildman–Crippen LogP) is 1.69. The van der Waals surface area contributed by atoms with Crippen molar-refractivity contribution >= 4 is 11.6 Å². The molecule has 1 aromatic rings. The molecule has 0 spiro atoms. The Morgan fingerprint density at radius 1 is 1.56 bits per heavy atom. The van der Waals surface area contributed by atoms with Crippen molar-refractivity contribution in [3.05, 3.63) is 23.8 Å². The average molecular weight is 215 g/mol. The van der Waals surface area contributed by atoms with Gasteiger partial charge in [-0.15, -0.1) is 12.3 Å². The number of rotatable bonds is 1. The maximum Gasteiger partial charge on any atom is 0.228 e. The first-order valence-corrected chi connectivity index (χ1v) is 5.18. The molecule has 0 saturated carbocycles. The molecule has 16 heavy (non-hydrogen) atoms. The number of anilines is 1. The minimum atomic E-state index is -0.0487. The number of benzene rings is 1. The number of hydrogen-bond acceptors (Lipinski definition) is 2. The van der Waals surface area contributed by atoms with Gasteiger partial charge in [-0.1, -0.05) is 6.07 Å². The first kappa shape index (κ1) is 10.6. The number of phenols is 1. The van der Waals surface area contributed by atoms with E-state index in [9.17, 15) is 9.90 Å². The van der Waals surface area contributed by atoms with Crippen LogP contribution in [0.15, 0.2) is 18.2 Å². The van der Waals surface area contributed by atoms with Crippen molar-refractivity contribution in [1.29, 1.82) is 0 Å². The zero-order chi connectivity index (χ0) is 11.7. The van der Waals surface area contributed by atoms with E-state index in [4.69, 9.17) is 6.42 Å². The molecular formula is C13H13NO2. The van der Waals surface area contributed by atoms with Gasteiger partial charge in [0.2, 0.25) is 5.91 Å². The Hall–Kier alpha value is -1.95. The van der Waals surface area contributed by atoms with Crippen LogP contribution < -0.4 is 4.90 Å². The fourth-order valence-electron chi connectivity index (χ4n) is 1.90. The van der Waals surface area contributed by atoms with Gasteiger partial charge >= 0.3 is 0 Å². The normalized spacial score (nSPS) is 19.9. The Balaban J connectivity index is 2.35. The summed E-state index contributed by atoms with van der Waals surface area (Å²) in [6.07, 6.45) is 5.68. The number of phenolic OH excluding ortho intramolecular Hbond substituents is 1. The van der Waals surface area contributed by atoms with Crippen LogP contribution in [0, 0.1) is 25.2 Å². The van der Waals surface area contributed by atoms with Crippen molar-refractivity contribution in [3.63, 3.8) is 0 Å². The third-order valence-corrected chi connectivity index (χ3v) is 2.78. The van der Waals surface area contributed by atoms with Crippen molar-refractivity contribution in [2.45, 2.75) is 13.3 Å². The highest BCUT2D eigenvalue weighted by atomic mass is 16.3. The van der Waals surface area contributed by atoms with Crippen molar-refractivity contribution < 1.29 is 9.90 Å². The van der Waals surface area contributed by atoms with E-state index in [0.717, 1.165) is 5.56 Å². The van der Waals surface area contributed by atoms with Gasteiger partial charge in [-0.2, -0.15) is 0 Å². The standard InChI is InChI=1S/C13H13NO2/c1-3-10-7-13(16)14(8-10)11-6-9(2)4-5-12(11)15/h1,4-6,10,15H,7-8H2,2H3. The molecule has 1 heterocycles. The summed E-state index contributed by atoms with van der Waals surface area (Å²) in [5.74, 6) is 2.63. The molecule has 1 atom stereocenters. The molecular weight excluding hydrogens is 202 g/mol. The first-order valence-electron chi connectivity index (χ1n) is 5.18. The topological polar surface area (TPSA) is 40.5 Å². The second kappa shape index (κ2) is 3.90. The summed E-state index contributed by atoms with van der Waals surface area (Å²) in [7, 11) is 0. The average Bonchev–Trinajstić information content (AvgIpc) is 2.63. The van der Waals surface area contributed by atoms with Gasteiger partial charge in [0.1, 0.15) is 5.75 Å². The monoisotopic (exact) mass is 215 g/mol. The van der Waals surface area contributed by atoms with E-state index in [-0.39, 0.29) is 17.6 Å². The largest absolute Gasteiger partial charge is 0.506 e. The maximum absolute atomic E-state index is 11.7. The van der Waals surface area contributed by atoms with Crippen LogP contribution in [0.2, 0.25) is 0 Å². The van der Waals surface area contributed by atoms with Crippen molar-refractivity contribution in [3.8, 4) is 18.1 Å². The predicted molar refractivity (Wildman–Crippen MR) is 62.1 cm³/mol. The molecule has 1 aliphatic heterocycles. The lowest BCUT2D eigenvalue weighted by atomic mass is 10.1. The van der Waals surface area contributed by atoms with Crippen molar-refractivity contribution in [1.82, 2.24) is 0 Å². The molecule has 1 aromatic carbocycles. The van der Waals surface area contributed by atoms with Crippen LogP contribution >= 0.6 is 0 Å². The van der Waals surface area contributed by atoms with Crippen molar-refractivity contribution in [2.24, 2.45) is 5.92 Å². The van der Waals surface area contributed by atoms with E-state index in [0.29, 0.717) is 18.7 Å². The van der Waals surface area contributed by atoms with E-state index in [2.05, 4.69) is 5.92 Å². The summed E-state index contributed by atoms with van der Waals surface area (Å²) in [5.41, 5.74) is 1.56. The number of aromatic hydroxyl groups is 1. The third kappa shape index (κ3) is 1.74. The van der Waals surface area contributed by atoms with Crippen LogP contribution in [0.1, 0.15) is 12.0 Å². The Morgan fingerprint density at radius 2 is 2.31 bits per heavy atom. The van der Waals surface area contributed by atoms with E-state index in [1.807, 2.05) is 6.92 Å². The van der Waals surface area contributed by atoms with Gasteiger partial charge in [0.05, 0.1) is 5.69 Å². The summed E-state index contributed by atoms with van der Waals surface area (Å²) in [4.78, 5) is 13.3. The van der Waals surface area contributed by atoms with Crippen LogP contribution in [0.4, 0.5) is 5.69 Å². The second-order valence-corrected chi connectivity index (χ2v) is 4.06. The molecule has 0 aliphatic carbocycles. The SMILES string of the molecule is C#CC1CC(=O)N(c2cc(C)ccc2O)C1. The van der Waals surface area contributed by atoms with Crippen LogP contribution in [0.3, 0.4) is 0 Å². The summed E-state index contributed by atoms with van der Waals surface area (Å²) >= 11 is 0. The minimum Gasteiger partial charge on any atom is -0.506 e. The van der Waals surface area contributed by atoms with Gasteiger partial charge in [-0.05, 0) is 24.6 Å². The van der Waals surface area contributed by atoms with Crippen LogP contribution in [-0.4, -0.2) is 17.6 Å². The number of carbonyl (C=O) groups is 1. The lowest BCUT2D eigenvalue weighted by Crippen LogP contribution is -2.24. The number of amides is 1.